The third-order valence-electron chi connectivity index (χ3n) is 0.819. The fourth-order valence-corrected chi connectivity index (χ4v) is 0.909. The summed E-state index contributed by atoms with van der Waals surface area (Å²) in [6.45, 7) is 1.60. The Labute approximate surface area is 67.6 Å². The fraction of sp³-hybridized carbons (Fsp3) is 0.167. The van der Waals surface area contributed by atoms with Crippen molar-refractivity contribution in [3.05, 3.63) is 5.51 Å². The molecule has 1 heterocycles. The number of nitrogens with zero attached hydrogens (tertiary/aromatic N) is 2. The molecule has 0 saturated heterocycles. The van der Waals surface area contributed by atoms with E-state index in [0.29, 0.717) is 5.13 Å². The summed E-state index contributed by atoms with van der Waals surface area (Å²) < 4.78 is 0. The molecule has 0 spiro atoms. The highest BCUT2D eigenvalue weighted by molar-refractivity contribution is 7.13. The van der Waals surface area contributed by atoms with E-state index in [1.807, 2.05) is 0 Å². The lowest BCUT2D eigenvalue weighted by atomic mass is 10.6. The highest BCUT2D eigenvalue weighted by atomic mass is 32.1. The van der Waals surface area contributed by atoms with Crippen LogP contribution in [0, 0.1) is 11.8 Å². The van der Waals surface area contributed by atoms with Crippen molar-refractivity contribution in [1.29, 1.82) is 0 Å². The maximum Gasteiger partial charge on any atom is 0.302 e. The monoisotopic (exact) mass is 167 g/mol. The first-order valence-electron chi connectivity index (χ1n) is 2.83. The molecule has 1 N–H and O–H groups in total. The van der Waals surface area contributed by atoms with Crippen molar-refractivity contribution in [1.82, 2.24) is 10.2 Å². The van der Waals surface area contributed by atoms with Crippen LogP contribution in [0.15, 0.2) is 5.51 Å². The number of amides is 1. The van der Waals surface area contributed by atoms with Crippen LogP contribution in [0.1, 0.15) is 6.92 Å². The summed E-state index contributed by atoms with van der Waals surface area (Å²) in [5.74, 6) is 4.44. The Bertz CT molecular complexity index is 295. The molecule has 0 unspecified atom stereocenters. The summed E-state index contributed by atoms with van der Waals surface area (Å²) in [6.07, 6.45) is 0. The predicted octanol–water partition coefficient (Wildman–Crippen LogP) is 0.500. The number of nitrogens with one attached hydrogen (secondary N) is 1. The molecule has 1 rings (SSSR count). The van der Waals surface area contributed by atoms with Crippen molar-refractivity contribution >= 4 is 22.4 Å². The maximum absolute atomic E-state index is 10.8. The van der Waals surface area contributed by atoms with Gasteiger partial charge < -0.3 is 0 Å². The van der Waals surface area contributed by atoms with Crippen LogP contribution in [0.4, 0.5) is 5.13 Å². The molecule has 0 aliphatic heterocycles. The van der Waals surface area contributed by atoms with Gasteiger partial charge in [-0.15, -0.1) is 10.2 Å². The molecule has 0 fully saturated rings. The third kappa shape index (κ3) is 2.35. The summed E-state index contributed by atoms with van der Waals surface area (Å²) in [5, 5.41) is 10.1. The predicted molar refractivity (Wildman–Crippen MR) is 42.0 cm³/mol. The first kappa shape index (κ1) is 7.69. The van der Waals surface area contributed by atoms with E-state index >= 15 is 0 Å². The molecule has 4 nitrogen and oxygen atoms in total. The number of carbonyl (C=O) groups is 1. The number of carbonyl (C=O) groups excluding carboxylic acids is 1. The average Bonchev–Trinajstić information content (AvgIpc) is 2.40. The molecule has 1 amide bonds. The molecule has 56 valence electrons. The van der Waals surface area contributed by atoms with Gasteiger partial charge in [0.2, 0.25) is 5.13 Å². The lowest BCUT2D eigenvalue weighted by molar-refractivity contribution is -0.111. The van der Waals surface area contributed by atoms with E-state index < -0.39 is 0 Å². The topological polar surface area (TPSA) is 54.9 Å². The third-order valence-corrected chi connectivity index (χ3v) is 1.43. The Balaban J connectivity index is 2.55. The second-order valence-corrected chi connectivity index (χ2v) is 2.41. The second kappa shape index (κ2) is 3.68. The lowest BCUT2D eigenvalue weighted by Crippen LogP contribution is -2.07. The van der Waals surface area contributed by atoms with Crippen LogP contribution in [0.3, 0.4) is 0 Å². The van der Waals surface area contributed by atoms with Gasteiger partial charge in [0.05, 0.1) is 0 Å². The zero-order valence-corrected chi connectivity index (χ0v) is 6.60. The lowest BCUT2D eigenvalue weighted by Gasteiger charge is -1.89. The van der Waals surface area contributed by atoms with Crippen molar-refractivity contribution in [3.63, 3.8) is 0 Å². The van der Waals surface area contributed by atoms with E-state index in [0.717, 1.165) is 0 Å². The van der Waals surface area contributed by atoms with Crippen LogP contribution in [0.2, 0.25) is 0 Å². The molecule has 0 atom stereocenters. The molecule has 0 aliphatic carbocycles. The smallest absolute Gasteiger partial charge is 0.289 e. The number of hydrogen-bond acceptors (Lipinski definition) is 4. The van der Waals surface area contributed by atoms with Crippen LogP contribution in [0.25, 0.3) is 0 Å². The molecular formula is C6H5N3OS. The average molecular weight is 167 g/mol. The van der Waals surface area contributed by atoms with Gasteiger partial charge >= 0.3 is 5.91 Å². The SMILES string of the molecule is CC#CC(=O)Nc1nncs1. The highest BCUT2D eigenvalue weighted by Gasteiger charge is 1.98. The van der Waals surface area contributed by atoms with Crippen LogP contribution in [-0.2, 0) is 4.79 Å². The molecule has 0 aromatic carbocycles. The van der Waals surface area contributed by atoms with E-state index in [4.69, 9.17) is 0 Å². The van der Waals surface area contributed by atoms with Crippen molar-refractivity contribution in [2.24, 2.45) is 0 Å². The van der Waals surface area contributed by atoms with Crippen molar-refractivity contribution in [2.75, 3.05) is 5.32 Å². The fourth-order valence-electron chi connectivity index (χ4n) is 0.469. The van der Waals surface area contributed by atoms with Gasteiger partial charge in [0, 0.05) is 0 Å². The molecule has 11 heavy (non-hydrogen) atoms. The second-order valence-electron chi connectivity index (χ2n) is 1.57. The maximum atomic E-state index is 10.8. The zero-order chi connectivity index (χ0) is 8.10. The summed E-state index contributed by atoms with van der Waals surface area (Å²) in [4.78, 5) is 10.8. The Hall–Kier alpha value is -1.41. The minimum Gasteiger partial charge on any atom is -0.289 e. The Morgan fingerprint density at radius 1 is 1.82 bits per heavy atom. The summed E-state index contributed by atoms with van der Waals surface area (Å²) in [5.41, 5.74) is 1.54. The van der Waals surface area contributed by atoms with Gasteiger partial charge in [-0.25, -0.2) is 0 Å². The summed E-state index contributed by atoms with van der Waals surface area (Å²) >= 11 is 1.26. The highest BCUT2D eigenvalue weighted by Crippen LogP contribution is 2.06. The molecular weight excluding hydrogens is 162 g/mol. The minimum absolute atomic E-state index is 0.357. The molecule has 0 saturated carbocycles. The molecule has 0 bridgehead atoms. The number of anilines is 1. The standard InChI is InChI=1S/C6H5N3OS/c1-2-3-5(10)8-6-9-7-4-11-6/h4H,1H3,(H,8,9,10). The van der Waals surface area contributed by atoms with Crippen LogP contribution >= 0.6 is 11.3 Å². The summed E-state index contributed by atoms with van der Waals surface area (Å²) in [6, 6.07) is 0. The molecule has 1 aromatic rings. The molecule has 5 heteroatoms. The van der Waals surface area contributed by atoms with E-state index in [1.54, 1.807) is 6.92 Å². The van der Waals surface area contributed by atoms with E-state index in [-0.39, 0.29) is 5.91 Å². The van der Waals surface area contributed by atoms with E-state index in [9.17, 15) is 4.79 Å². The molecule has 1 aromatic heterocycles. The van der Waals surface area contributed by atoms with Crippen LogP contribution in [0.5, 0.6) is 0 Å². The zero-order valence-electron chi connectivity index (χ0n) is 5.79. The summed E-state index contributed by atoms with van der Waals surface area (Å²) in [7, 11) is 0. The van der Waals surface area contributed by atoms with E-state index in [1.165, 1.54) is 16.8 Å². The van der Waals surface area contributed by atoms with Gasteiger partial charge in [0.25, 0.3) is 0 Å². The van der Waals surface area contributed by atoms with Crippen molar-refractivity contribution in [3.8, 4) is 11.8 Å². The normalized spacial score (nSPS) is 8.09. The Morgan fingerprint density at radius 2 is 2.64 bits per heavy atom. The number of hydrogen-bond donors (Lipinski definition) is 1. The first-order valence-corrected chi connectivity index (χ1v) is 3.71. The molecule has 0 aliphatic rings. The van der Waals surface area contributed by atoms with Gasteiger partial charge in [-0.05, 0) is 12.8 Å². The quantitative estimate of drug-likeness (QED) is 0.620. The van der Waals surface area contributed by atoms with Gasteiger partial charge in [-0.1, -0.05) is 17.3 Å². The van der Waals surface area contributed by atoms with Gasteiger partial charge in [0.1, 0.15) is 5.51 Å². The van der Waals surface area contributed by atoms with Crippen LogP contribution < -0.4 is 5.32 Å². The number of aromatic nitrogens is 2. The number of rotatable bonds is 1. The van der Waals surface area contributed by atoms with Crippen molar-refractivity contribution in [2.45, 2.75) is 6.92 Å². The molecule has 0 radical (unpaired) electrons. The largest absolute Gasteiger partial charge is 0.302 e. The van der Waals surface area contributed by atoms with Crippen molar-refractivity contribution < 1.29 is 4.79 Å². The van der Waals surface area contributed by atoms with Gasteiger partial charge in [-0.3, -0.25) is 10.1 Å². The Kier molecular flexibility index (Phi) is 2.58. The van der Waals surface area contributed by atoms with E-state index in [2.05, 4.69) is 27.4 Å². The van der Waals surface area contributed by atoms with Gasteiger partial charge in [-0.2, -0.15) is 0 Å². The minimum atomic E-state index is -0.357. The first-order chi connectivity index (χ1) is 5.33. The van der Waals surface area contributed by atoms with Gasteiger partial charge in [0.15, 0.2) is 0 Å². The Morgan fingerprint density at radius 3 is 3.18 bits per heavy atom. The van der Waals surface area contributed by atoms with Crippen LogP contribution in [-0.4, -0.2) is 16.1 Å².